The van der Waals surface area contributed by atoms with Crippen LogP contribution in [0.15, 0.2) is 67.0 Å². The molecule has 8 heteroatoms. The van der Waals surface area contributed by atoms with Crippen molar-refractivity contribution in [2.24, 2.45) is 0 Å². The molecule has 0 saturated carbocycles. The fourth-order valence-electron chi connectivity index (χ4n) is 2.92. The summed E-state index contributed by atoms with van der Waals surface area (Å²) < 4.78 is 11.3. The summed E-state index contributed by atoms with van der Waals surface area (Å²) in [7, 11) is 1.55. The topological polar surface area (TPSA) is 102 Å². The maximum Gasteiger partial charge on any atom is 0.319 e. The average molecular weight is 434 g/mol. The molecular weight excluding hydrogens is 408 g/mol. The Balaban J connectivity index is 1.74. The molecule has 0 spiro atoms. The SMILES string of the molecule is COc1ccc(NC(=O)c2ccccc2NC(=O)NC(C)C)cc1OCc1ccncc1. The molecule has 0 aliphatic rings. The van der Waals surface area contributed by atoms with Crippen LogP contribution in [-0.4, -0.2) is 30.1 Å². The molecule has 0 aliphatic carbocycles. The van der Waals surface area contributed by atoms with E-state index in [-0.39, 0.29) is 18.0 Å². The Morgan fingerprint density at radius 1 is 0.969 bits per heavy atom. The zero-order valence-electron chi connectivity index (χ0n) is 18.2. The predicted molar refractivity (Wildman–Crippen MR) is 123 cm³/mol. The lowest BCUT2D eigenvalue weighted by Gasteiger charge is -2.15. The Kier molecular flexibility index (Phi) is 7.64. The van der Waals surface area contributed by atoms with Crippen molar-refractivity contribution in [2.75, 3.05) is 17.7 Å². The monoisotopic (exact) mass is 434 g/mol. The van der Waals surface area contributed by atoms with Crippen LogP contribution in [0.2, 0.25) is 0 Å². The molecule has 0 saturated heterocycles. The second-order valence-corrected chi connectivity index (χ2v) is 7.26. The van der Waals surface area contributed by atoms with E-state index < -0.39 is 0 Å². The Bertz CT molecular complexity index is 1070. The van der Waals surface area contributed by atoms with E-state index in [4.69, 9.17) is 9.47 Å². The minimum atomic E-state index is -0.378. The molecule has 3 N–H and O–H groups in total. The van der Waals surface area contributed by atoms with Crippen molar-refractivity contribution in [3.63, 3.8) is 0 Å². The number of rotatable bonds is 8. The van der Waals surface area contributed by atoms with Gasteiger partial charge in [-0.15, -0.1) is 0 Å². The first-order valence-electron chi connectivity index (χ1n) is 10.1. The van der Waals surface area contributed by atoms with Gasteiger partial charge < -0.3 is 25.4 Å². The van der Waals surface area contributed by atoms with E-state index in [1.165, 1.54) is 0 Å². The minimum absolute atomic E-state index is 0.0270. The van der Waals surface area contributed by atoms with E-state index >= 15 is 0 Å². The summed E-state index contributed by atoms with van der Waals surface area (Å²) in [6.45, 7) is 4.04. The molecule has 1 aromatic heterocycles. The summed E-state index contributed by atoms with van der Waals surface area (Å²) in [6, 6.07) is 15.2. The number of aromatic nitrogens is 1. The number of hydrogen-bond acceptors (Lipinski definition) is 5. The summed E-state index contributed by atoms with van der Waals surface area (Å²) in [6.07, 6.45) is 3.39. The Hall–Kier alpha value is -4.07. The molecule has 2 aromatic carbocycles. The van der Waals surface area contributed by atoms with E-state index in [2.05, 4.69) is 20.9 Å². The van der Waals surface area contributed by atoms with Crippen LogP contribution in [-0.2, 0) is 6.61 Å². The van der Waals surface area contributed by atoms with Gasteiger partial charge in [0.15, 0.2) is 11.5 Å². The zero-order chi connectivity index (χ0) is 22.9. The number of nitrogens with zero attached hydrogens (tertiary/aromatic N) is 1. The molecule has 1 heterocycles. The van der Waals surface area contributed by atoms with Crippen molar-refractivity contribution in [3.8, 4) is 11.5 Å². The number of methoxy groups -OCH3 is 1. The number of carbonyl (C=O) groups excluding carboxylic acids is 2. The molecule has 32 heavy (non-hydrogen) atoms. The van der Waals surface area contributed by atoms with Crippen LogP contribution in [0.5, 0.6) is 11.5 Å². The van der Waals surface area contributed by atoms with Crippen LogP contribution in [0.25, 0.3) is 0 Å². The predicted octanol–water partition coefficient (Wildman–Crippen LogP) is 4.45. The highest BCUT2D eigenvalue weighted by molar-refractivity contribution is 6.10. The number of carbonyl (C=O) groups is 2. The lowest BCUT2D eigenvalue weighted by molar-refractivity contribution is 0.102. The maximum atomic E-state index is 12.9. The van der Waals surface area contributed by atoms with Crippen LogP contribution < -0.4 is 25.4 Å². The summed E-state index contributed by atoms with van der Waals surface area (Å²) in [5.41, 5.74) is 2.23. The van der Waals surface area contributed by atoms with Gasteiger partial charge in [0.25, 0.3) is 5.91 Å². The number of anilines is 2. The molecule has 8 nitrogen and oxygen atoms in total. The molecule has 0 aliphatic heterocycles. The van der Waals surface area contributed by atoms with Crippen LogP contribution in [0.3, 0.4) is 0 Å². The number of hydrogen-bond donors (Lipinski definition) is 3. The van der Waals surface area contributed by atoms with Crippen molar-refractivity contribution in [2.45, 2.75) is 26.5 Å². The third-order valence-corrected chi connectivity index (χ3v) is 4.40. The quantitative estimate of drug-likeness (QED) is 0.486. The van der Waals surface area contributed by atoms with Gasteiger partial charge in [-0.05, 0) is 55.8 Å². The van der Waals surface area contributed by atoms with Crippen molar-refractivity contribution in [3.05, 3.63) is 78.1 Å². The average Bonchev–Trinajstić information content (AvgIpc) is 2.78. The van der Waals surface area contributed by atoms with Gasteiger partial charge in [0, 0.05) is 30.2 Å². The second kappa shape index (κ2) is 10.8. The highest BCUT2D eigenvalue weighted by atomic mass is 16.5. The summed E-state index contributed by atoms with van der Waals surface area (Å²) >= 11 is 0. The van der Waals surface area contributed by atoms with Gasteiger partial charge in [-0.3, -0.25) is 9.78 Å². The number of urea groups is 1. The number of nitrogens with one attached hydrogen (secondary N) is 3. The Morgan fingerprint density at radius 3 is 2.44 bits per heavy atom. The van der Waals surface area contributed by atoms with Crippen molar-refractivity contribution in [1.82, 2.24) is 10.3 Å². The maximum absolute atomic E-state index is 12.9. The largest absolute Gasteiger partial charge is 0.493 e. The number of ether oxygens (including phenoxy) is 2. The van der Waals surface area contributed by atoms with E-state index in [0.29, 0.717) is 35.0 Å². The summed E-state index contributed by atoms with van der Waals surface area (Å²) in [5, 5.41) is 8.30. The fourth-order valence-corrected chi connectivity index (χ4v) is 2.92. The Labute approximate surface area is 187 Å². The van der Waals surface area contributed by atoms with Crippen molar-refractivity contribution >= 4 is 23.3 Å². The van der Waals surface area contributed by atoms with Gasteiger partial charge in [0.05, 0.1) is 18.4 Å². The van der Waals surface area contributed by atoms with Crippen LogP contribution in [0.4, 0.5) is 16.2 Å². The number of amides is 3. The van der Waals surface area contributed by atoms with Crippen LogP contribution in [0, 0.1) is 0 Å². The molecular formula is C24H26N4O4. The van der Waals surface area contributed by atoms with Crippen molar-refractivity contribution < 1.29 is 19.1 Å². The molecule has 0 bridgehead atoms. The number of para-hydroxylation sites is 1. The lowest BCUT2D eigenvalue weighted by atomic mass is 10.1. The molecule has 0 unspecified atom stereocenters. The third-order valence-electron chi connectivity index (χ3n) is 4.40. The lowest BCUT2D eigenvalue weighted by Crippen LogP contribution is -2.34. The van der Waals surface area contributed by atoms with E-state index in [0.717, 1.165) is 5.56 Å². The van der Waals surface area contributed by atoms with Gasteiger partial charge in [-0.25, -0.2) is 4.79 Å². The molecule has 3 amide bonds. The second-order valence-electron chi connectivity index (χ2n) is 7.26. The number of pyridine rings is 1. The summed E-state index contributed by atoms with van der Waals surface area (Å²) in [4.78, 5) is 29.0. The van der Waals surface area contributed by atoms with Gasteiger partial charge in [0.2, 0.25) is 0 Å². The molecule has 0 fully saturated rings. The van der Waals surface area contributed by atoms with Crippen molar-refractivity contribution in [1.29, 1.82) is 0 Å². The smallest absolute Gasteiger partial charge is 0.319 e. The van der Waals surface area contributed by atoms with Gasteiger partial charge in [0.1, 0.15) is 6.61 Å². The third kappa shape index (κ3) is 6.21. The molecule has 0 radical (unpaired) electrons. The summed E-state index contributed by atoms with van der Waals surface area (Å²) in [5.74, 6) is 0.671. The first-order chi connectivity index (χ1) is 15.5. The molecule has 3 rings (SSSR count). The molecule has 166 valence electrons. The van der Waals surface area contributed by atoms with E-state index in [1.54, 1.807) is 62.0 Å². The highest BCUT2D eigenvalue weighted by Crippen LogP contribution is 2.31. The molecule has 3 aromatic rings. The van der Waals surface area contributed by atoms with Gasteiger partial charge in [-0.1, -0.05) is 12.1 Å². The van der Waals surface area contributed by atoms with E-state index in [1.807, 2.05) is 26.0 Å². The zero-order valence-corrected chi connectivity index (χ0v) is 18.2. The van der Waals surface area contributed by atoms with Crippen LogP contribution in [0.1, 0.15) is 29.8 Å². The normalized spacial score (nSPS) is 10.4. The number of benzene rings is 2. The highest BCUT2D eigenvalue weighted by Gasteiger charge is 2.15. The Morgan fingerprint density at radius 2 is 1.72 bits per heavy atom. The fraction of sp³-hybridized carbons (Fsp3) is 0.208. The van der Waals surface area contributed by atoms with Crippen LogP contribution >= 0.6 is 0 Å². The van der Waals surface area contributed by atoms with E-state index in [9.17, 15) is 9.59 Å². The van der Waals surface area contributed by atoms with Gasteiger partial charge >= 0.3 is 6.03 Å². The standard InChI is InChI=1S/C24H26N4O4/c1-16(2)26-24(30)28-20-7-5-4-6-19(20)23(29)27-18-8-9-21(31-3)22(14-18)32-15-17-10-12-25-13-11-17/h4-14,16H,15H2,1-3H3,(H,27,29)(H2,26,28,30). The first-order valence-corrected chi connectivity index (χ1v) is 10.1. The van der Waals surface area contributed by atoms with Gasteiger partial charge in [-0.2, -0.15) is 0 Å². The first kappa shape index (κ1) is 22.6. The molecule has 0 atom stereocenters. The minimum Gasteiger partial charge on any atom is -0.493 e.